The molecule has 0 amide bonds. The summed E-state index contributed by atoms with van der Waals surface area (Å²) in [4.78, 5) is 13.2. The Bertz CT molecular complexity index is 393. The van der Waals surface area contributed by atoms with Crippen molar-refractivity contribution in [1.29, 1.82) is 0 Å². The minimum atomic E-state index is -0.860. The van der Waals surface area contributed by atoms with Crippen LogP contribution in [0.15, 0.2) is 24.3 Å². The summed E-state index contributed by atoms with van der Waals surface area (Å²) in [6.45, 7) is 4.38. The molecule has 16 heavy (non-hydrogen) atoms. The molecule has 0 unspecified atom stereocenters. The lowest BCUT2D eigenvalue weighted by atomic mass is 10.1. The minimum absolute atomic E-state index is 0.365. The summed E-state index contributed by atoms with van der Waals surface area (Å²) in [6, 6.07) is 8.21. The molecule has 1 aliphatic heterocycles. The molecule has 1 aliphatic rings. The van der Waals surface area contributed by atoms with Crippen molar-refractivity contribution >= 4 is 11.7 Å². The summed E-state index contributed by atoms with van der Waals surface area (Å²) in [5, 5.41) is 8.97. The lowest BCUT2D eigenvalue weighted by molar-refractivity contribution is 0.0697. The molecule has 1 fully saturated rings. The average Bonchev–Trinajstić information content (AvgIpc) is 2.59. The highest BCUT2D eigenvalue weighted by Crippen LogP contribution is 2.30. The second-order valence-corrected chi connectivity index (χ2v) is 4.54. The second kappa shape index (κ2) is 4.16. The van der Waals surface area contributed by atoms with Gasteiger partial charge in [-0.3, -0.25) is 0 Å². The predicted octanol–water partition coefficient (Wildman–Crippen LogP) is 2.76. The third-order valence-corrected chi connectivity index (χ3v) is 3.34. The maximum absolute atomic E-state index is 10.9. The van der Waals surface area contributed by atoms with Crippen LogP contribution >= 0.6 is 0 Å². The monoisotopic (exact) mass is 219 g/mol. The molecule has 0 aliphatic carbocycles. The van der Waals surface area contributed by atoms with E-state index in [9.17, 15) is 4.79 Å². The molecule has 1 aromatic rings. The molecule has 0 spiro atoms. The van der Waals surface area contributed by atoms with Crippen molar-refractivity contribution in [2.75, 3.05) is 4.90 Å². The first kappa shape index (κ1) is 11.0. The number of rotatable bonds is 2. The number of hydrogen-bond acceptors (Lipinski definition) is 2. The average molecular weight is 219 g/mol. The number of anilines is 1. The molecular formula is C13H17NO2. The zero-order valence-corrected chi connectivity index (χ0v) is 9.68. The van der Waals surface area contributed by atoms with Gasteiger partial charge in [0.05, 0.1) is 5.56 Å². The Kier molecular flexibility index (Phi) is 2.86. The Morgan fingerprint density at radius 1 is 1.31 bits per heavy atom. The first-order valence-corrected chi connectivity index (χ1v) is 5.71. The molecule has 86 valence electrons. The first-order valence-electron chi connectivity index (χ1n) is 5.71. The highest BCUT2D eigenvalue weighted by atomic mass is 16.4. The van der Waals surface area contributed by atoms with Gasteiger partial charge in [-0.1, -0.05) is 6.07 Å². The van der Waals surface area contributed by atoms with Crippen molar-refractivity contribution in [2.24, 2.45) is 0 Å². The summed E-state index contributed by atoms with van der Waals surface area (Å²) in [6.07, 6.45) is 2.36. The number of carbonyl (C=O) groups is 1. The van der Waals surface area contributed by atoms with Gasteiger partial charge in [-0.25, -0.2) is 4.79 Å². The fourth-order valence-electron chi connectivity index (χ4n) is 2.50. The number of carboxylic acid groups (broad SMARTS) is 1. The maximum Gasteiger partial charge on any atom is 0.335 e. The van der Waals surface area contributed by atoms with E-state index in [0.29, 0.717) is 17.6 Å². The molecule has 1 N–H and O–H groups in total. The van der Waals surface area contributed by atoms with Gasteiger partial charge in [0.15, 0.2) is 0 Å². The van der Waals surface area contributed by atoms with Crippen LogP contribution in [-0.4, -0.2) is 23.2 Å². The number of nitrogens with zero attached hydrogens (tertiary/aromatic N) is 1. The van der Waals surface area contributed by atoms with Crippen LogP contribution in [0.5, 0.6) is 0 Å². The van der Waals surface area contributed by atoms with Crippen LogP contribution in [0.3, 0.4) is 0 Å². The predicted molar refractivity (Wildman–Crippen MR) is 64.0 cm³/mol. The first-order chi connectivity index (χ1) is 7.59. The van der Waals surface area contributed by atoms with E-state index in [1.807, 2.05) is 12.1 Å². The van der Waals surface area contributed by atoms with Gasteiger partial charge in [-0.2, -0.15) is 0 Å². The topological polar surface area (TPSA) is 40.5 Å². The van der Waals surface area contributed by atoms with Crippen LogP contribution in [0.4, 0.5) is 5.69 Å². The molecule has 0 aromatic heterocycles. The SMILES string of the molecule is C[C@@H]1CC[C@@H](C)N1c1cccc(C(=O)O)c1. The molecule has 1 aromatic carbocycles. The second-order valence-electron chi connectivity index (χ2n) is 4.54. The molecule has 2 atom stereocenters. The van der Waals surface area contributed by atoms with Gasteiger partial charge in [-0.05, 0) is 44.9 Å². The van der Waals surface area contributed by atoms with Gasteiger partial charge in [-0.15, -0.1) is 0 Å². The number of carboxylic acids is 1. The fraction of sp³-hybridized carbons (Fsp3) is 0.462. The van der Waals surface area contributed by atoms with Gasteiger partial charge in [0.2, 0.25) is 0 Å². The minimum Gasteiger partial charge on any atom is -0.478 e. The van der Waals surface area contributed by atoms with Gasteiger partial charge < -0.3 is 10.0 Å². The van der Waals surface area contributed by atoms with Crippen LogP contribution < -0.4 is 4.90 Å². The van der Waals surface area contributed by atoms with Crippen molar-refractivity contribution in [3.63, 3.8) is 0 Å². The van der Waals surface area contributed by atoms with Gasteiger partial charge in [0.25, 0.3) is 0 Å². The van der Waals surface area contributed by atoms with Gasteiger partial charge in [0.1, 0.15) is 0 Å². The van der Waals surface area contributed by atoms with E-state index in [1.165, 1.54) is 12.8 Å². The van der Waals surface area contributed by atoms with Gasteiger partial charge >= 0.3 is 5.97 Å². The Labute approximate surface area is 95.7 Å². The van der Waals surface area contributed by atoms with Crippen molar-refractivity contribution < 1.29 is 9.90 Å². The third kappa shape index (κ3) is 1.90. The zero-order valence-electron chi connectivity index (χ0n) is 9.68. The lowest BCUT2D eigenvalue weighted by Gasteiger charge is -2.28. The van der Waals surface area contributed by atoms with Crippen LogP contribution in [0.1, 0.15) is 37.0 Å². The van der Waals surface area contributed by atoms with Crippen LogP contribution in [-0.2, 0) is 0 Å². The Hall–Kier alpha value is -1.51. The summed E-state index contributed by atoms with van der Waals surface area (Å²) >= 11 is 0. The molecule has 0 radical (unpaired) electrons. The van der Waals surface area contributed by atoms with E-state index in [-0.39, 0.29) is 0 Å². The molecule has 2 rings (SSSR count). The molecule has 1 saturated heterocycles. The summed E-state index contributed by atoms with van der Waals surface area (Å²) in [7, 11) is 0. The Balaban J connectivity index is 2.32. The summed E-state index contributed by atoms with van der Waals surface area (Å²) in [5.74, 6) is -0.860. The van der Waals surface area contributed by atoms with E-state index >= 15 is 0 Å². The largest absolute Gasteiger partial charge is 0.478 e. The van der Waals surface area contributed by atoms with E-state index in [2.05, 4.69) is 18.7 Å². The van der Waals surface area contributed by atoms with Crippen LogP contribution in [0, 0.1) is 0 Å². The van der Waals surface area contributed by atoms with Crippen LogP contribution in [0.2, 0.25) is 0 Å². The van der Waals surface area contributed by atoms with Crippen molar-refractivity contribution in [3.05, 3.63) is 29.8 Å². The third-order valence-electron chi connectivity index (χ3n) is 3.34. The zero-order chi connectivity index (χ0) is 11.7. The molecule has 0 bridgehead atoms. The molecule has 1 heterocycles. The molecule has 0 saturated carbocycles. The number of benzene rings is 1. The quantitative estimate of drug-likeness (QED) is 0.831. The highest BCUT2D eigenvalue weighted by Gasteiger charge is 2.27. The Morgan fingerprint density at radius 2 is 1.94 bits per heavy atom. The normalized spacial score (nSPS) is 24.8. The van der Waals surface area contributed by atoms with Crippen LogP contribution in [0.25, 0.3) is 0 Å². The highest BCUT2D eigenvalue weighted by molar-refractivity contribution is 5.88. The van der Waals surface area contributed by atoms with Gasteiger partial charge in [0, 0.05) is 17.8 Å². The lowest BCUT2D eigenvalue weighted by Crippen LogP contribution is -2.32. The van der Waals surface area contributed by atoms with E-state index in [1.54, 1.807) is 12.1 Å². The molecule has 3 heteroatoms. The van der Waals surface area contributed by atoms with E-state index in [4.69, 9.17) is 5.11 Å². The van der Waals surface area contributed by atoms with Crippen molar-refractivity contribution in [1.82, 2.24) is 0 Å². The number of aromatic carboxylic acids is 1. The molecular weight excluding hydrogens is 202 g/mol. The van der Waals surface area contributed by atoms with E-state index in [0.717, 1.165) is 5.69 Å². The molecule has 3 nitrogen and oxygen atoms in total. The summed E-state index contributed by atoms with van der Waals surface area (Å²) < 4.78 is 0. The Morgan fingerprint density at radius 3 is 2.50 bits per heavy atom. The fourth-order valence-corrected chi connectivity index (χ4v) is 2.50. The maximum atomic E-state index is 10.9. The van der Waals surface area contributed by atoms with Crippen molar-refractivity contribution in [3.8, 4) is 0 Å². The number of hydrogen-bond donors (Lipinski definition) is 1. The van der Waals surface area contributed by atoms with E-state index < -0.39 is 5.97 Å². The van der Waals surface area contributed by atoms with Crippen molar-refractivity contribution in [2.45, 2.75) is 38.8 Å². The smallest absolute Gasteiger partial charge is 0.335 e. The summed E-state index contributed by atoms with van der Waals surface area (Å²) in [5.41, 5.74) is 1.39. The standard InChI is InChI=1S/C13H17NO2/c1-9-6-7-10(2)14(9)12-5-3-4-11(8-12)13(15)16/h3-5,8-10H,6-7H2,1-2H3,(H,15,16)/t9-,10-/m1/s1.